The van der Waals surface area contributed by atoms with E-state index in [0.29, 0.717) is 19.0 Å². The number of carbonyl (C=O) groups is 1. The number of rotatable bonds is 5. The molecule has 1 aromatic carbocycles. The maximum absolute atomic E-state index is 12.4. The monoisotopic (exact) mass is 323 g/mol. The number of aromatic nitrogens is 1. The number of anilines is 1. The predicted octanol–water partition coefficient (Wildman–Crippen LogP) is 1.45. The van der Waals surface area contributed by atoms with Gasteiger partial charge < -0.3 is 14.8 Å². The van der Waals surface area contributed by atoms with E-state index in [1.807, 2.05) is 24.3 Å². The minimum atomic E-state index is 0.0409. The smallest absolute Gasteiger partial charge is 0.279 e. The third-order valence-electron chi connectivity index (χ3n) is 4.73. The number of hydrogen-bond donors (Lipinski definition) is 2. The van der Waals surface area contributed by atoms with E-state index >= 15 is 0 Å². The Morgan fingerprint density at radius 2 is 2.17 bits per heavy atom. The molecule has 2 aromatic rings. The number of aryl methyl sites for hydroxylation is 1. The van der Waals surface area contributed by atoms with Gasteiger partial charge in [-0.1, -0.05) is 12.1 Å². The fourth-order valence-corrected chi connectivity index (χ4v) is 3.53. The second-order valence-electron chi connectivity index (χ2n) is 6.40. The zero-order valence-electron chi connectivity index (χ0n) is 14.0. The third-order valence-corrected chi connectivity index (χ3v) is 4.73. The van der Waals surface area contributed by atoms with Gasteiger partial charge in [0, 0.05) is 31.8 Å². The molecule has 2 N–H and O–H groups in total. The molecular weight excluding hydrogens is 300 g/mol. The van der Waals surface area contributed by atoms with Crippen molar-refractivity contribution in [3.8, 4) is 6.07 Å². The van der Waals surface area contributed by atoms with Crippen molar-refractivity contribution < 1.29 is 9.69 Å². The van der Waals surface area contributed by atoms with Gasteiger partial charge in [-0.05, 0) is 29.8 Å². The van der Waals surface area contributed by atoms with E-state index in [1.165, 1.54) is 10.6 Å². The Kier molecular flexibility index (Phi) is 4.97. The summed E-state index contributed by atoms with van der Waals surface area (Å²) in [7, 11) is 2.06. The number of carbonyl (C=O) groups excluding carboxylic acids is 1. The second-order valence-corrected chi connectivity index (χ2v) is 6.40. The molecule has 1 aromatic heterocycles. The van der Waals surface area contributed by atoms with E-state index < -0.39 is 0 Å². The van der Waals surface area contributed by atoms with Crippen LogP contribution in [0.15, 0.2) is 42.6 Å². The highest BCUT2D eigenvalue weighted by atomic mass is 16.2. The van der Waals surface area contributed by atoms with Gasteiger partial charge in [0.1, 0.15) is 6.04 Å². The average molecular weight is 323 g/mol. The van der Waals surface area contributed by atoms with Gasteiger partial charge in [-0.2, -0.15) is 5.26 Å². The first kappa shape index (κ1) is 16.3. The molecule has 2 atom stereocenters. The molecule has 5 heteroatoms. The molecule has 0 spiro atoms. The molecule has 5 nitrogen and oxygen atoms in total. The average Bonchev–Trinajstić information content (AvgIpc) is 3.18. The predicted molar refractivity (Wildman–Crippen MR) is 92.5 cm³/mol. The summed E-state index contributed by atoms with van der Waals surface area (Å²) in [5.41, 5.74) is 3.05. The van der Waals surface area contributed by atoms with Gasteiger partial charge in [-0.25, -0.2) is 0 Å². The first-order chi connectivity index (χ1) is 11.7. The van der Waals surface area contributed by atoms with Gasteiger partial charge >= 0.3 is 0 Å². The summed E-state index contributed by atoms with van der Waals surface area (Å²) in [5, 5.41) is 11.7. The summed E-state index contributed by atoms with van der Waals surface area (Å²) in [6, 6.07) is 14.2. The Labute approximate surface area is 142 Å². The molecule has 1 saturated heterocycles. The molecule has 3 rings (SSSR count). The molecule has 0 saturated carbocycles. The van der Waals surface area contributed by atoms with E-state index in [2.05, 4.69) is 41.3 Å². The van der Waals surface area contributed by atoms with Gasteiger partial charge in [-0.3, -0.25) is 4.79 Å². The lowest BCUT2D eigenvalue weighted by Gasteiger charge is -2.21. The van der Waals surface area contributed by atoms with Gasteiger partial charge in [0.15, 0.2) is 6.54 Å². The van der Waals surface area contributed by atoms with Crippen molar-refractivity contribution in [3.63, 3.8) is 0 Å². The van der Waals surface area contributed by atoms with Crippen LogP contribution >= 0.6 is 0 Å². The molecule has 0 bridgehead atoms. The lowest BCUT2D eigenvalue weighted by Crippen LogP contribution is -3.11. The van der Waals surface area contributed by atoms with Crippen molar-refractivity contribution >= 4 is 11.6 Å². The normalized spacial score (nSPS) is 19.8. The highest BCUT2D eigenvalue weighted by Gasteiger charge is 2.32. The molecule has 1 unspecified atom stereocenters. The van der Waals surface area contributed by atoms with Crippen LogP contribution in [0.3, 0.4) is 0 Å². The summed E-state index contributed by atoms with van der Waals surface area (Å²) < 4.78 is 2.15. The molecule has 1 fully saturated rings. The Morgan fingerprint density at radius 3 is 2.83 bits per heavy atom. The molecule has 0 radical (unpaired) electrons. The number of quaternary nitrogens is 1. The summed E-state index contributed by atoms with van der Waals surface area (Å²) in [6.45, 7) is 1.51. The molecule has 0 aliphatic carbocycles. The van der Waals surface area contributed by atoms with Crippen molar-refractivity contribution in [2.24, 2.45) is 7.05 Å². The summed E-state index contributed by atoms with van der Waals surface area (Å²) in [6.07, 6.45) is 4.74. The summed E-state index contributed by atoms with van der Waals surface area (Å²) >= 11 is 0. The Bertz CT molecular complexity index is 741. The summed E-state index contributed by atoms with van der Waals surface area (Å²) in [4.78, 5) is 13.7. The Balaban J connectivity index is 1.60. The first-order valence-electron chi connectivity index (χ1n) is 8.39. The quantitative estimate of drug-likeness (QED) is 0.875. The molecule has 1 aliphatic rings. The van der Waals surface area contributed by atoms with Crippen LogP contribution in [0, 0.1) is 11.3 Å². The van der Waals surface area contributed by atoms with Crippen LogP contribution in [0.1, 0.15) is 30.1 Å². The largest absolute Gasteiger partial charge is 0.350 e. The van der Waals surface area contributed by atoms with Crippen molar-refractivity contribution in [2.45, 2.75) is 25.3 Å². The van der Waals surface area contributed by atoms with Crippen LogP contribution in [-0.2, 0) is 18.3 Å². The molecular formula is C19H23N4O+. The van der Waals surface area contributed by atoms with E-state index in [0.717, 1.165) is 30.6 Å². The molecule has 1 aliphatic heterocycles. The number of nitrogens with one attached hydrogen (secondary N) is 2. The first-order valence-corrected chi connectivity index (χ1v) is 8.39. The molecule has 1 amide bonds. The van der Waals surface area contributed by atoms with Gasteiger partial charge in [0.2, 0.25) is 0 Å². The van der Waals surface area contributed by atoms with Gasteiger partial charge in [-0.15, -0.1) is 0 Å². The second kappa shape index (κ2) is 7.33. The van der Waals surface area contributed by atoms with Crippen LogP contribution in [0.2, 0.25) is 0 Å². The molecule has 2 heterocycles. The van der Waals surface area contributed by atoms with Crippen molar-refractivity contribution in [3.05, 3.63) is 53.9 Å². The van der Waals surface area contributed by atoms with Crippen LogP contribution in [-0.4, -0.2) is 23.6 Å². The third kappa shape index (κ3) is 3.66. The van der Waals surface area contributed by atoms with Crippen LogP contribution in [0.25, 0.3) is 0 Å². The number of nitriles is 1. The number of benzene rings is 1. The SMILES string of the molecule is Cn1cccc1[C@H]1CCC[NH+]1CC(=O)Nc1ccc(CC#N)cc1. The lowest BCUT2D eigenvalue weighted by molar-refractivity contribution is -0.910. The number of likely N-dealkylation sites (tertiary alicyclic amines) is 1. The maximum Gasteiger partial charge on any atom is 0.279 e. The van der Waals surface area contributed by atoms with Crippen molar-refractivity contribution in [2.75, 3.05) is 18.4 Å². The Hall–Kier alpha value is -2.58. The highest BCUT2D eigenvalue weighted by molar-refractivity contribution is 5.91. The minimum Gasteiger partial charge on any atom is -0.350 e. The van der Waals surface area contributed by atoms with E-state index in [1.54, 1.807) is 0 Å². The number of nitrogens with zero attached hydrogens (tertiary/aromatic N) is 2. The number of amides is 1. The zero-order chi connectivity index (χ0) is 16.9. The van der Waals surface area contributed by atoms with E-state index in [9.17, 15) is 4.79 Å². The fraction of sp³-hybridized carbons (Fsp3) is 0.368. The topological polar surface area (TPSA) is 62.3 Å². The van der Waals surface area contributed by atoms with E-state index in [4.69, 9.17) is 5.26 Å². The maximum atomic E-state index is 12.4. The van der Waals surface area contributed by atoms with E-state index in [-0.39, 0.29) is 5.91 Å². The lowest BCUT2D eigenvalue weighted by atomic mass is 10.1. The standard InChI is InChI=1S/C19H22N4O/c1-22-12-2-4-17(22)18-5-3-13-23(18)14-19(24)21-16-8-6-15(7-9-16)10-11-20/h2,4,6-9,12,18H,3,5,10,13-14H2,1H3,(H,21,24)/p+1/t18-/m1/s1. The summed E-state index contributed by atoms with van der Waals surface area (Å²) in [5.74, 6) is 0.0409. The zero-order valence-corrected chi connectivity index (χ0v) is 14.0. The van der Waals surface area contributed by atoms with Gasteiger partial charge in [0.25, 0.3) is 5.91 Å². The van der Waals surface area contributed by atoms with Crippen LogP contribution in [0.5, 0.6) is 0 Å². The van der Waals surface area contributed by atoms with Crippen LogP contribution < -0.4 is 10.2 Å². The van der Waals surface area contributed by atoms with Crippen molar-refractivity contribution in [1.29, 1.82) is 5.26 Å². The molecule has 24 heavy (non-hydrogen) atoms. The Morgan fingerprint density at radius 1 is 1.38 bits per heavy atom. The highest BCUT2D eigenvalue weighted by Crippen LogP contribution is 2.19. The van der Waals surface area contributed by atoms with Crippen molar-refractivity contribution in [1.82, 2.24) is 4.57 Å². The minimum absolute atomic E-state index is 0.0409. The number of hydrogen-bond acceptors (Lipinski definition) is 2. The van der Waals surface area contributed by atoms with Gasteiger partial charge in [0.05, 0.1) is 24.7 Å². The van der Waals surface area contributed by atoms with Crippen LogP contribution in [0.4, 0.5) is 5.69 Å². The fourth-order valence-electron chi connectivity index (χ4n) is 3.53. The molecule has 124 valence electrons.